The van der Waals surface area contributed by atoms with Crippen molar-refractivity contribution in [1.29, 1.82) is 0 Å². The maximum absolute atomic E-state index is 6.06. The molecule has 2 nitrogen and oxygen atoms in total. The van der Waals surface area contributed by atoms with E-state index in [2.05, 4.69) is 44.0 Å². The molecular weight excluding hydrogens is 222 g/mol. The van der Waals surface area contributed by atoms with Crippen LogP contribution in [0.2, 0.25) is 0 Å². The van der Waals surface area contributed by atoms with Gasteiger partial charge in [-0.2, -0.15) is 0 Å². The van der Waals surface area contributed by atoms with Gasteiger partial charge in [-0.1, -0.05) is 31.5 Å². The molecule has 0 unspecified atom stereocenters. The van der Waals surface area contributed by atoms with Crippen LogP contribution in [0.4, 0.5) is 0 Å². The van der Waals surface area contributed by atoms with Crippen LogP contribution in [0.3, 0.4) is 0 Å². The molecule has 1 aromatic carbocycles. The first-order valence-electron chi connectivity index (χ1n) is 7.07. The van der Waals surface area contributed by atoms with Gasteiger partial charge in [0.25, 0.3) is 0 Å². The summed E-state index contributed by atoms with van der Waals surface area (Å²) in [5.74, 6) is 1.06. The highest BCUT2D eigenvalue weighted by molar-refractivity contribution is 5.35. The molecule has 0 radical (unpaired) electrons. The Labute approximate surface area is 112 Å². The van der Waals surface area contributed by atoms with Gasteiger partial charge in [0.05, 0.1) is 0 Å². The number of hydrogen-bond acceptors (Lipinski definition) is 2. The van der Waals surface area contributed by atoms with Crippen LogP contribution in [0.5, 0.6) is 5.75 Å². The van der Waals surface area contributed by atoms with E-state index in [0.29, 0.717) is 6.10 Å². The maximum atomic E-state index is 6.06. The van der Waals surface area contributed by atoms with Crippen molar-refractivity contribution in [1.82, 2.24) is 4.90 Å². The fraction of sp³-hybridized carbons (Fsp3) is 0.625. The van der Waals surface area contributed by atoms with Crippen molar-refractivity contribution in [2.24, 2.45) is 0 Å². The number of ether oxygens (including phenoxy) is 1. The summed E-state index contributed by atoms with van der Waals surface area (Å²) in [6.07, 6.45) is 2.69. The largest absolute Gasteiger partial charge is 0.490 e. The minimum atomic E-state index is 0.401. The summed E-state index contributed by atoms with van der Waals surface area (Å²) in [6.45, 7) is 10.5. The summed E-state index contributed by atoms with van der Waals surface area (Å²) in [5.41, 5.74) is 2.55. The molecule has 0 aromatic heterocycles. The molecule has 1 aromatic rings. The highest BCUT2D eigenvalue weighted by Crippen LogP contribution is 2.23. The van der Waals surface area contributed by atoms with Crippen LogP contribution in [-0.2, 0) is 0 Å². The van der Waals surface area contributed by atoms with E-state index in [1.807, 2.05) is 13.8 Å². The predicted molar refractivity (Wildman–Crippen MR) is 78.4 cm³/mol. The van der Waals surface area contributed by atoms with Crippen LogP contribution in [0.25, 0.3) is 0 Å². The fourth-order valence-electron chi connectivity index (χ4n) is 2.21. The summed E-state index contributed by atoms with van der Waals surface area (Å²) < 4.78 is 6.06. The van der Waals surface area contributed by atoms with Crippen molar-refractivity contribution in [2.45, 2.75) is 46.6 Å². The molecular formula is C16H27NO. The van der Waals surface area contributed by atoms with Gasteiger partial charge in [-0.15, -0.1) is 0 Å². The van der Waals surface area contributed by atoms with Crippen molar-refractivity contribution in [2.75, 3.05) is 20.1 Å². The topological polar surface area (TPSA) is 12.5 Å². The number of rotatable bonds is 2. The summed E-state index contributed by atoms with van der Waals surface area (Å²) in [7, 11) is 2.17. The van der Waals surface area contributed by atoms with Crippen molar-refractivity contribution in [3.8, 4) is 5.75 Å². The molecule has 0 aliphatic carbocycles. The molecule has 2 rings (SSSR count). The third-order valence-electron chi connectivity index (χ3n) is 3.29. The first kappa shape index (κ1) is 15.0. The van der Waals surface area contributed by atoms with Crippen molar-refractivity contribution < 1.29 is 4.74 Å². The van der Waals surface area contributed by atoms with Crippen LogP contribution < -0.4 is 4.74 Å². The second kappa shape index (κ2) is 7.42. The molecule has 0 atom stereocenters. The lowest BCUT2D eigenvalue weighted by molar-refractivity contribution is 0.113. The molecule has 0 saturated carbocycles. The van der Waals surface area contributed by atoms with Crippen LogP contribution >= 0.6 is 0 Å². The van der Waals surface area contributed by atoms with Crippen molar-refractivity contribution >= 4 is 0 Å². The number of hydrogen-bond donors (Lipinski definition) is 0. The molecule has 1 aliphatic rings. The highest BCUT2D eigenvalue weighted by atomic mass is 16.5. The van der Waals surface area contributed by atoms with Crippen LogP contribution in [0, 0.1) is 13.8 Å². The number of piperidine rings is 1. The van der Waals surface area contributed by atoms with Crippen LogP contribution in [0.1, 0.15) is 37.8 Å². The fourth-order valence-corrected chi connectivity index (χ4v) is 2.21. The maximum Gasteiger partial charge on any atom is 0.122 e. The molecule has 0 N–H and O–H groups in total. The molecule has 0 amide bonds. The summed E-state index contributed by atoms with van der Waals surface area (Å²) in [5, 5.41) is 0. The van der Waals surface area contributed by atoms with Gasteiger partial charge in [-0.25, -0.2) is 0 Å². The molecule has 2 heteroatoms. The zero-order valence-corrected chi connectivity index (χ0v) is 12.5. The van der Waals surface area contributed by atoms with Gasteiger partial charge in [0.1, 0.15) is 11.9 Å². The highest BCUT2D eigenvalue weighted by Gasteiger charge is 2.18. The molecule has 1 saturated heterocycles. The second-order valence-corrected chi connectivity index (χ2v) is 4.89. The van der Waals surface area contributed by atoms with Crippen LogP contribution in [0.15, 0.2) is 18.2 Å². The van der Waals surface area contributed by atoms with E-state index in [1.54, 1.807) is 0 Å². The van der Waals surface area contributed by atoms with Gasteiger partial charge in [-0.3, -0.25) is 0 Å². The molecule has 18 heavy (non-hydrogen) atoms. The number of nitrogens with zero attached hydrogens (tertiary/aromatic N) is 1. The van der Waals surface area contributed by atoms with E-state index < -0.39 is 0 Å². The summed E-state index contributed by atoms with van der Waals surface area (Å²) in [4.78, 5) is 2.36. The predicted octanol–water partition coefficient (Wildman–Crippen LogP) is 3.80. The first-order valence-corrected chi connectivity index (χ1v) is 7.07. The zero-order chi connectivity index (χ0) is 13.5. The summed E-state index contributed by atoms with van der Waals surface area (Å²) in [6, 6.07) is 6.41. The van der Waals surface area contributed by atoms with Gasteiger partial charge in [-0.05, 0) is 45.4 Å². The Bertz CT molecular complexity index is 354. The minimum Gasteiger partial charge on any atom is -0.490 e. The Hall–Kier alpha value is -1.02. The van der Waals surface area contributed by atoms with Gasteiger partial charge in [0, 0.05) is 13.1 Å². The third-order valence-corrected chi connectivity index (χ3v) is 3.29. The number of aryl methyl sites for hydroxylation is 2. The Kier molecular flexibility index (Phi) is 6.20. The SMILES string of the molecule is CC.Cc1ccc(OC2CCN(C)CC2)c(C)c1. The van der Waals surface area contributed by atoms with E-state index in [4.69, 9.17) is 4.74 Å². The number of benzene rings is 1. The van der Waals surface area contributed by atoms with Crippen molar-refractivity contribution in [3.05, 3.63) is 29.3 Å². The molecule has 1 aliphatic heterocycles. The van der Waals surface area contributed by atoms with E-state index in [0.717, 1.165) is 31.7 Å². The number of likely N-dealkylation sites (tertiary alicyclic amines) is 1. The van der Waals surface area contributed by atoms with E-state index in [9.17, 15) is 0 Å². The lowest BCUT2D eigenvalue weighted by atomic mass is 10.1. The van der Waals surface area contributed by atoms with Gasteiger partial charge in [0.15, 0.2) is 0 Å². The molecule has 1 fully saturated rings. The van der Waals surface area contributed by atoms with Gasteiger partial charge in [0.2, 0.25) is 0 Å². The van der Waals surface area contributed by atoms with E-state index in [1.165, 1.54) is 11.1 Å². The van der Waals surface area contributed by atoms with Crippen LogP contribution in [-0.4, -0.2) is 31.1 Å². The van der Waals surface area contributed by atoms with Crippen molar-refractivity contribution in [3.63, 3.8) is 0 Å². The lowest BCUT2D eigenvalue weighted by Gasteiger charge is -2.29. The third kappa shape index (κ3) is 4.34. The normalized spacial score (nSPS) is 16.9. The summed E-state index contributed by atoms with van der Waals surface area (Å²) >= 11 is 0. The van der Waals surface area contributed by atoms with E-state index in [-0.39, 0.29) is 0 Å². The lowest BCUT2D eigenvalue weighted by Crippen LogP contribution is -2.35. The smallest absolute Gasteiger partial charge is 0.122 e. The zero-order valence-electron chi connectivity index (χ0n) is 12.5. The Morgan fingerprint density at radius 3 is 2.28 bits per heavy atom. The van der Waals surface area contributed by atoms with E-state index >= 15 is 0 Å². The first-order chi connectivity index (χ1) is 8.65. The van der Waals surface area contributed by atoms with Gasteiger partial charge >= 0.3 is 0 Å². The molecule has 1 heterocycles. The average molecular weight is 249 g/mol. The standard InChI is InChI=1S/C14H21NO.C2H6/c1-11-4-5-14(12(2)10-11)16-13-6-8-15(3)9-7-13;1-2/h4-5,10,13H,6-9H2,1-3H3;1-2H3. The second-order valence-electron chi connectivity index (χ2n) is 4.89. The quantitative estimate of drug-likeness (QED) is 0.790. The molecule has 0 bridgehead atoms. The molecule has 102 valence electrons. The minimum absolute atomic E-state index is 0.401. The van der Waals surface area contributed by atoms with Gasteiger partial charge < -0.3 is 9.64 Å². The monoisotopic (exact) mass is 249 g/mol. The Morgan fingerprint density at radius 2 is 1.72 bits per heavy atom. The Morgan fingerprint density at radius 1 is 1.11 bits per heavy atom. The average Bonchev–Trinajstić information content (AvgIpc) is 2.38. The Balaban J connectivity index is 0.000000771. The molecule has 0 spiro atoms.